The minimum Gasteiger partial charge on any atom is -0.489 e. The van der Waals surface area contributed by atoms with Gasteiger partial charge in [0, 0.05) is 0 Å². The summed E-state index contributed by atoms with van der Waals surface area (Å²) in [5.41, 5.74) is 2.58. The third-order valence-electron chi connectivity index (χ3n) is 3.31. The molecule has 2 aromatic carbocycles. The summed E-state index contributed by atoms with van der Waals surface area (Å²) >= 11 is 0. The zero-order valence-corrected chi connectivity index (χ0v) is 13.0. The topological polar surface area (TPSA) is 21.3 Å². The van der Waals surface area contributed by atoms with Crippen molar-refractivity contribution in [2.24, 2.45) is 5.92 Å². The van der Waals surface area contributed by atoms with Crippen LogP contribution >= 0.6 is 0 Å². The van der Waals surface area contributed by atoms with E-state index < -0.39 is 0 Å². The number of hydrogen-bond acceptors (Lipinski definition) is 2. The molecule has 2 aromatic rings. The van der Waals surface area contributed by atoms with Crippen molar-refractivity contribution in [1.82, 2.24) is 5.32 Å². The fourth-order valence-electron chi connectivity index (χ4n) is 2.11. The number of ether oxygens (including phenoxy) is 1. The molecule has 0 amide bonds. The Morgan fingerprint density at radius 3 is 2.24 bits per heavy atom. The van der Waals surface area contributed by atoms with Gasteiger partial charge in [0.05, 0.1) is 0 Å². The molecular formula is C19H25NO. The van der Waals surface area contributed by atoms with Gasteiger partial charge >= 0.3 is 0 Å². The highest BCUT2D eigenvalue weighted by Crippen LogP contribution is 2.12. The van der Waals surface area contributed by atoms with Crippen LogP contribution in [0.15, 0.2) is 54.6 Å². The van der Waals surface area contributed by atoms with Crippen molar-refractivity contribution in [1.29, 1.82) is 0 Å². The molecule has 0 bridgehead atoms. The monoisotopic (exact) mass is 283 g/mol. The molecule has 0 aliphatic rings. The largest absolute Gasteiger partial charge is 0.489 e. The van der Waals surface area contributed by atoms with E-state index in [0.717, 1.165) is 25.3 Å². The maximum atomic E-state index is 5.74. The van der Waals surface area contributed by atoms with Gasteiger partial charge < -0.3 is 10.1 Å². The molecule has 21 heavy (non-hydrogen) atoms. The lowest BCUT2D eigenvalue weighted by atomic mass is 10.1. The third kappa shape index (κ3) is 6.01. The minimum absolute atomic E-state index is 0.621. The van der Waals surface area contributed by atoms with Gasteiger partial charge in [0.15, 0.2) is 0 Å². The first-order valence-electron chi connectivity index (χ1n) is 7.70. The molecular weight excluding hydrogens is 258 g/mol. The third-order valence-corrected chi connectivity index (χ3v) is 3.31. The number of para-hydroxylation sites is 1. The van der Waals surface area contributed by atoms with Crippen molar-refractivity contribution in [3.05, 3.63) is 65.7 Å². The Morgan fingerprint density at radius 2 is 1.57 bits per heavy atom. The van der Waals surface area contributed by atoms with Gasteiger partial charge in [-0.2, -0.15) is 0 Å². The molecule has 0 heterocycles. The number of nitrogens with one attached hydrogen (secondary N) is 1. The van der Waals surface area contributed by atoms with E-state index >= 15 is 0 Å². The van der Waals surface area contributed by atoms with Crippen molar-refractivity contribution in [2.45, 2.75) is 26.9 Å². The second kappa shape index (κ2) is 8.48. The van der Waals surface area contributed by atoms with Gasteiger partial charge in [0.1, 0.15) is 12.4 Å². The molecule has 0 unspecified atom stereocenters. The summed E-state index contributed by atoms with van der Waals surface area (Å²) in [5, 5.41) is 3.47. The van der Waals surface area contributed by atoms with Gasteiger partial charge in [-0.15, -0.1) is 0 Å². The summed E-state index contributed by atoms with van der Waals surface area (Å²) in [6.45, 7) is 7.21. The van der Waals surface area contributed by atoms with E-state index in [0.29, 0.717) is 12.5 Å². The van der Waals surface area contributed by atoms with Crippen molar-refractivity contribution < 1.29 is 4.74 Å². The van der Waals surface area contributed by atoms with Crippen molar-refractivity contribution in [3.63, 3.8) is 0 Å². The van der Waals surface area contributed by atoms with Gasteiger partial charge in [0.25, 0.3) is 0 Å². The van der Waals surface area contributed by atoms with E-state index in [1.165, 1.54) is 11.1 Å². The number of benzene rings is 2. The molecule has 2 rings (SSSR count). The average molecular weight is 283 g/mol. The highest BCUT2D eigenvalue weighted by Gasteiger charge is 1.98. The van der Waals surface area contributed by atoms with Crippen LogP contribution < -0.4 is 10.1 Å². The Balaban J connectivity index is 1.74. The van der Waals surface area contributed by atoms with Crippen LogP contribution in [-0.2, 0) is 13.0 Å². The summed E-state index contributed by atoms with van der Waals surface area (Å²) in [4.78, 5) is 0. The van der Waals surface area contributed by atoms with Gasteiger partial charge in [-0.05, 0) is 48.7 Å². The molecule has 112 valence electrons. The normalized spacial score (nSPS) is 10.8. The fraction of sp³-hybridized carbons (Fsp3) is 0.368. The maximum Gasteiger partial charge on any atom is 0.119 e. The SMILES string of the molecule is CC(C)CNCCc1ccc(COc2ccccc2)cc1. The van der Waals surface area contributed by atoms with Crippen molar-refractivity contribution in [2.75, 3.05) is 13.1 Å². The summed E-state index contributed by atoms with van der Waals surface area (Å²) in [6, 6.07) is 18.6. The molecule has 2 heteroatoms. The van der Waals surface area contributed by atoms with E-state index in [-0.39, 0.29) is 0 Å². The summed E-state index contributed by atoms with van der Waals surface area (Å²) < 4.78 is 5.74. The average Bonchev–Trinajstić information content (AvgIpc) is 2.51. The van der Waals surface area contributed by atoms with E-state index in [1.54, 1.807) is 0 Å². The van der Waals surface area contributed by atoms with Crippen LogP contribution in [-0.4, -0.2) is 13.1 Å². The predicted octanol–water partition coefficient (Wildman–Crippen LogP) is 4.05. The first-order chi connectivity index (χ1) is 10.2. The second-order valence-corrected chi connectivity index (χ2v) is 5.77. The molecule has 0 radical (unpaired) electrons. The van der Waals surface area contributed by atoms with Crippen LogP contribution in [0, 0.1) is 5.92 Å². The maximum absolute atomic E-state index is 5.74. The highest BCUT2D eigenvalue weighted by molar-refractivity contribution is 5.24. The first kappa shape index (κ1) is 15.6. The lowest BCUT2D eigenvalue weighted by molar-refractivity contribution is 0.306. The van der Waals surface area contributed by atoms with E-state index in [1.807, 2.05) is 30.3 Å². The smallest absolute Gasteiger partial charge is 0.119 e. The Kier molecular flexibility index (Phi) is 6.29. The van der Waals surface area contributed by atoms with E-state index in [4.69, 9.17) is 4.74 Å². The summed E-state index contributed by atoms with van der Waals surface area (Å²) in [6.07, 6.45) is 1.08. The van der Waals surface area contributed by atoms with Crippen LogP contribution in [0.1, 0.15) is 25.0 Å². The molecule has 0 saturated carbocycles. The van der Waals surface area contributed by atoms with Crippen molar-refractivity contribution >= 4 is 0 Å². The Hall–Kier alpha value is -1.80. The van der Waals surface area contributed by atoms with Crippen molar-refractivity contribution in [3.8, 4) is 5.75 Å². The van der Waals surface area contributed by atoms with E-state index in [2.05, 4.69) is 43.4 Å². The molecule has 0 atom stereocenters. The van der Waals surface area contributed by atoms with Crippen LogP contribution in [0.25, 0.3) is 0 Å². The molecule has 0 aromatic heterocycles. The van der Waals surface area contributed by atoms with Gasteiger partial charge in [-0.3, -0.25) is 0 Å². The van der Waals surface area contributed by atoms with Gasteiger partial charge in [-0.25, -0.2) is 0 Å². The Labute approximate surface area is 128 Å². The highest BCUT2D eigenvalue weighted by atomic mass is 16.5. The van der Waals surface area contributed by atoms with Gasteiger partial charge in [-0.1, -0.05) is 56.3 Å². The molecule has 0 fully saturated rings. The summed E-state index contributed by atoms with van der Waals surface area (Å²) in [7, 11) is 0. The standard InChI is InChI=1S/C19H25NO/c1-16(2)14-20-13-12-17-8-10-18(11-9-17)15-21-19-6-4-3-5-7-19/h3-11,16,20H,12-15H2,1-2H3. The number of rotatable bonds is 8. The van der Waals surface area contributed by atoms with Crippen LogP contribution in [0.4, 0.5) is 0 Å². The Bertz CT molecular complexity index is 505. The molecule has 0 aliphatic carbocycles. The fourth-order valence-corrected chi connectivity index (χ4v) is 2.11. The Morgan fingerprint density at radius 1 is 0.905 bits per heavy atom. The van der Waals surface area contributed by atoms with Gasteiger partial charge in [0.2, 0.25) is 0 Å². The zero-order valence-electron chi connectivity index (χ0n) is 13.0. The molecule has 2 nitrogen and oxygen atoms in total. The second-order valence-electron chi connectivity index (χ2n) is 5.77. The molecule has 0 spiro atoms. The first-order valence-corrected chi connectivity index (χ1v) is 7.70. The lowest BCUT2D eigenvalue weighted by Gasteiger charge is -2.09. The number of hydrogen-bond donors (Lipinski definition) is 1. The molecule has 1 N–H and O–H groups in total. The predicted molar refractivity (Wildman–Crippen MR) is 88.6 cm³/mol. The molecule has 0 aliphatic heterocycles. The van der Waals surface area contributed by atoms with Crippen LogP contribution in [0.3, 0.4) is 0 Å². The quantitative estimate of drug-likeness (QED) is 0.738. The van der Waals surface area contributed by atoms with Crippen LogP contribution in [0.2, 0.25) is 0 Å². The molecule has 0 saturated heterocycles. The van der Waals surface area contributed by atoms with E-state index in [9.17, 15) is 0 Å². The zero-order chi connectivity index (χ0) is 14.9. The minimum atomic E-state index is 0.621. The summed E-state index contributed by atoms with van der Waals surface area (Å²) in [5.74, 6) is 1.63. The van der Waals surface area contributed by atoms with Crippen LogP contribution in [0.5, 0.6) is 5.75 Å². The lowest BCUT2D eigenvalue weighted by Crippen LogP contribution is -2.22.